The standard InChI is InChI=1S/C19H17NO/c20-16-10-11-17-15(13-16)7-4-8-18(17)19(21)12-9-14-5-2-1-3-6-14/h1-8,10-11,13H,9,12,20H2. The maximum absolute atomic E-state index is 12.5. The molecule has 0 unspecified atom stereocenters. The first-order chi connectivity index (χ1) is 10.2. The Morgan fingerprint density at radius 2 is 1.71 bits per heavy atom. The quantitative estimate of drug-likeness (QED) is 0.571. The molecule has 0 aliphatic rings. The van der Waals surface area contributed by atoms with E-state index in [2.05, 4.69) is 12.1 Å². The fourth-order valence-corrected chi connectivity index (χ4v) is 2.58. The highest BCUT2D eigenvalue weighted by Gasteiger charge is 2.10. The molecule has 0 saturated carbocycles. The van der Waals surface area contributed by atoms with Crippen LogP contribution < -0.4 is 5.73 Å². The van der Waals surface area contributed by atoms with Crippen LogP contribution in [0, 0.1) is 0 Å². The zero-order chi connectivity index (χ0) is 14.7. The number of hydrogen-bond acceptors (Lipinski definition) is 2. The van der Waals surface area contributed by atoms with Crippen molar-refractivity contribution in [3.63, 3.8) is 0 Å². The van der Waals surface area contributed by atoms with E-state index in [1.807, 2.05) is 54.6 Å². The fourth-order valence-electron chi connectivity index (χ4n) is 2.58. The maximum atomic E-state index is 12.5. The van der Waals surface area contributed by atoms with Crippen molar-refractivity contribution in [2.24, 2.45) is 0 Å². The van der Waals surface area contributed by atoms with Gasteiger partial charge in [0.2, 0.25) is 0 Å². The van der Waals surface area contributed by atoms with Crippen molar-refractivity contribution in [1.82, 2.24) is 0 Å². The molecule has 0 heterocycles. The Labute approximate surface area is 124 Å². The van der Waals surface area contributed by atoms with Gasteiger partial charge in [-0.05, 0) is 34.9 Å². The summed E-state index contributed by atoms with van der Waals surface area (Å²) in [6, 6.07) is 21.6. The van der Waals surface area contributed by atoms with Crippen molar-refractivity contribution < 1.29 is 4.79 Å². The molecule has 0 aliphatic carbocycles. The molecule has 2 nitrogen and oxygen atoms in total. The zero-order valence-electron chi connectivity index (χ0n) is 11.8. The summed E-state index contributed by atoms with van der Waals surface area (Å²) in [6.45, 7) is 0. The summed E-state index contributed by atoms with van der Waals surface area (Å²) in [7, 11) is 0. The summed E-state index contributed by atoms with van der Waals surface area (Å²) in [6.07, 6.45) is 1.29. The number of ketones is 1. The molecule has 0 amide bonds. The number of benzene rings is 3. The van der Waals surface area contributed by atoms with E-state index in [1.54, 1.807) is 0 Å². The topological polar surface area (TPSA) is 43.1 Å². The molecular formula is C19H17NO. The molecular weight excluding hydrogens is 258 g/mol. The van der Waals surface area contributed by atoms with E-state index < -0.39 is 0 Å². The van der Waals surface area contributed by atoms with Gasteiger partial charge < -0.3 is 5.73 Å². The van der Waals surface area contributed by atoms with Gasteiger partial charge in [-0.1, -0.05) is 54.6 Å². The van der Waals surface area contributed by atoms with E-state index in [-0.39, 0.29) is 5.78 Å². The van der Waals surface area contributed by atoms with E-state index in [0.29, 0.717) is 6.42 Å². The molecule has 0 fully saturated rings. The summed E-state index contributed by atoms with van der Waals surface area (Å²) < 4.78 is 0. The monoisotopic (exact) mass is 275 g/mol. The lowest BCUT2D eigenvalue weighted by Crippen LogP contribution is -2.02. The largest absolute Gasteiger partial charge is 0.399 e. The van der Waals surface area contributed by atoms with Gasteiger partial charge in [-0.3, -0.25) is 4.79 Å². The number of hydrogen-bond donors (Lipinski definition) is 1. The molecule has 0 bridgehead atoms. The second kappa shape index (κ2) is 5.80. The molecule has 3 aromatic rings. The van der Waals surface area contributed by atoms with Crippen LogP contribution in [0.25, 0.3) is 10.8 Å². The van der Waals surface area contributed by atoms with Gasteiger partial charge in [0.25, 0.3) is 0 Å². The molecule has 0 aliphatic heterocycles. The summed E-state index contributed by atoms with van der Waals surface area (Å²) in [5.41, 5.74) is 8.49. The van der Waals surface area contributed by atoms with Crippen LogP contribution in [-0.4, -0.2) is 5.78 Å². The lowest BCUT2D eigenvalue weighted by molar-refractivity contribution is 0.0984. The minimum Gasteiger partial charge on any atom is -0.399 e. The number of carbonyl (C=O) groups is 1. The van der Waals surface area contributed by atoms with Gasteiger partial charge in [0.05, 0.1) is 0 Å². The highest BCUT2D eigenvalue weighted by molar-refractivity contribution is 6.08. The fraction of sp³-hybridized carbons (Fsp3) is 0.105. The minimum absolute atomic E-state index is 0.175. The van der Waals surface area contributed by atoms with Crippen molar-refractivity contribution in [2.45, 2.75) is 12.8 Å². The zero-order valence-corrected chi connectivity index (χ0v) is 11.8. The number of aryl methyl sites for hydroxylation is 1. The molecule has 0 radical (unpaired) electrons. The van der Waals surface area contributed by atoms with Crippen LogP contribution in [0.1, 0.15) is 22.3 Å². The normalized spacial score (nSPS) is 10.7. The summed E-state index contributed by atoms with van der Waals surface area (Å²) >= 11 is 0. The Kier molecular flexibility index (Phi) is 3.69. The summed E-state index contributed by atoms with van der Waals surface area (Å²) in [5.74, 6) is 0.175. The molecule has 2 N–H and O–H groups in total. The summed E-state index contributed by atoms with van der Waals surface area (Å²) in [5, 5.41) is 1.99. The lowest BCUT2D eigenvalue weighted by Gasteiger charge is -2.07. The molecule has 3 rings (SSSR count). The van der Waals surface area contributed by atoms with Gasteiger partial charge in [0, 0.05) is 17.7 Å². The Morgan fingerprint density at radius 3 is 2.52 bits per heavy atom. The number of fused-ring (bicyclic) bond motifs is 1. The predicted octanol–water partition coefficient (Wildman–Crippen LogP) is 4.24. The maximum Gasteiger partial charge on any atom is 0.163 e. The molecule has 104 valence electrons. The van der Waals surface area contributed by atoms with E-state index in [1.165, 1.54) is 5.56 Å². The first kappa shape index (κ1) is 13.4. The van der Waals surface area contributed by atoms with Gasteiger partial charge >= 0.3 is 0 Å². The van der Waals surface area contributed by atoms with Crippen molar-refractivity contribution in [1.29, 1.82) is 0 Å². The third-order valence-corrected chi connectivity index (χ3v) is 3.69. The number of nitrogens with two attached hydrogens (primary N) is 1. The molecule has 3 aromatic carbocycles. The molecule has 0 saturated heterocycles. The second-order valence-corrected chi connectivity index (χ2v) is 5.19. The second-order valence-electron chi connectivity index (χ2n) is 5.19. The molecule has 0 aromatic heterocycles. The van der Waals surface area contributed by atoms with Crippen LogP contribution >= 0.6 is 0 Å². The van der Waals surface area contributed by atoms with E-state index in [9.17, 15) is 4.79 Å². The van der Waals surface area contributed by atoms with E-state index >= 15 is 0 Å². The molecule has 21 heavy (non-hydrogen) atoms. The highest BCUT2D eigenvalue weighted by atomic mass is 16.1. The number of nitrogen functional groups attached to an aromatic ring is 1. The van der Waals surface area contributed by atoms with Gasteiger partial charge in [-0.15, -0.1) is 0 Å². The third-order valence-electron chi connectivity index (χ3n) is 3.69. The van der Waals surface area contributed by atoms with Crippen molar-refractivity contribution in [3.8, 4) is 0 Å². The van der Waals surface area contributed by atoms with Crippen LogP contribution in [0.5, 0.6) is 0 Å². The van der Waals surface area contributed by atoms with Gasteiger partial charge in [-0.2, -0.15) is 0 Å². The van der Waals surface area contributed by atoms with Crippen LogP contribution in [-0.2, 0) is 6.42 Å². The van der Waals surface area contributed by atoms with Gasteiger partial charge in [-0.25, -0.2) is 0 Å². The van der Waals surface area contributed by atoms with E-state index in [0.717, 1.165) is 28.4 Å². The smallest absolute Gasteiger partial charge is 0.163 e. The minimum atomic E-state index is 0.175. The van der Waals surface area contributed by atoms with Crippen LogP contribution in [0.15, 0.2) is 66.7 Å². The average molecular weight is 275 g/mol. The SMILES string of the molecule is Nc1ccc2c(C(=O)CCc3ccccc3)cccc2c1. The van der Waals surface area contributed by atoms with Crippen molar-refractivity contribution in [2.75, 3.05) is 5.73 Å². The summed E-state index contributed by atoms with van der Waals surface area (Å²) in [4.78, 5) is 12.5. The van der Waals surface area contributed by atoms with Crippen LogP contribution in [0.3, 0.4) is 0 Å². The predicted molar refractivity (Wildman–Crippen MR) is 87.5 cm³/mol. The Hall–Kier alpha value is -2.61. The number of rotatable bonds is 4. The van der Waals surface area contributed by atoms with E-state index in [4.69, 9.17) is 5.73 Å². The van der Waals surface area contributed by atoms with Crippen molar-refractivity contribution in [3.05, 3.63) is 77.9 Å². The average Bonchev–Trinajstić information content (AvgIpc) is 2.52. The first-order valence-corrected chi connectivity index (χ1v) is 7.09. The van der Waals surface area contributed by atoms with Gasteiger partial charge in [0.1, 0.15) is 0 Å². The Bertz CT molecular complexity index is 778. The number of anilines is 1. The lowest BCUT2D eigenvalue weighted by atomic mass is 9.97. The third kappa shape index (κ3) is 2.95. The first-order valence-electron chi connectivity index (χ1n) is 7.09. The van der Waals surface area contributed by atoms with Crippen LogP contribution in [0.4, 0.5) is 5.69 Å². The van der Waals surface area contributed by atoms with Gasteiger partial charge in [0.15, 0.2) is 5.78 Å². The highest BCUT2D eigenvalue weighted by Crippen LogP contribution is 2.23. The van der Waals surface area contributed by atoms with Crippen LogP contribution in [0.2, 0.25) is 0 Å². The number of Topliss-reactive ketones (excluding diaryl/α,β-unsaturated/α-hetero) is 1. The molecule has 0 spiro atoms. The molecule has 0 atom stereocenters. The number of carbonyl (C=O) groups excluding carboxylic acids is 1. The molecule has 2 heteroatoms. The Morgan fingerprint density at radius 1 is 0.905 bits per heavy atom. The van der Waals surface area contributed by atoms with Crippen molar-refractivity contribution >= 4 is 22.2 Å². The Balaban J connectivity index is 1.85.